The normalized spacial score (nSPS) is 13.9. The van der Waals surface area contributed by atoms with Crippen LogP contribution in [0.1, 0.15) is 35.5 Å². The van der Waals surface area contributed by atoms with Gasteiger partial charge >= 0.3 is 0 Å². The molecule has 1 heterocycles. The van der Waals surface area contributed by atoms with Gasteiger partial charge < -0.3 is 19.8 Å². The Morgan fingerprint density at radius 3 is 2.46 bits per heavy atom. The second kappa shape index (κ2) is 9.85. The summed E-state index contributed by atoms with van der Waals surface area (Å²) in [6.45, 7) is 6.12. The molecule has 2 aromatic rings. The van der Waals surface area contributed by atoms with Crippen molar-refractivity contribution in [2.45, 2.75) is 39.8 Å². The minimum atomic E-state index is 0. The number of ether oxygens (including phenoxy) is 1. The van der Waals surface area contributed by atoms with Gasteiger partial charge in [-0.15, -0.1) is 24.0 Å². The number of para-hydroxylation sites is 1. The maximum Gasteiger partial charge on any atom is 0.191 e. The molecule has 0 bridgehead atoms. The number of aliphatic imine (C=N–C) groups is 1. The van der Waals surface area contributed by atoms with E-state index in [1.165, 1.54) is 12.8 Å². The predicted molar refractivity (Wildman–Crippen MR) is 115 cm³/mol. The van der Waals surface area contributed by atoms with E-state index in [1.807, 2.05) is 32.0 Å². The zero-order chi connectivity index (χ0) is 17.6. The summed E-state index contributed by atoms with van der Waals surface area (Å²) in [6.07, 6.45) is 2.59. The Morgan fingerprint density at radius 1 is 1.15 bits per heavy atom. The predicted octanol–water partition coefficient (Wildman–Crippen LogP) is 4.17. The van der Waals surface area contributed by atoms with E-state index in [1.54, 1.807) is 7.05 Å². The van der Waals surface area contributed by atoms with Gasteiger partial charge in [0.05, 0.1) is 6.61 Å². The molecule has 142 valence electrons. The van der Waals surface area contributed by atoms with Crippen molar-refractivity contribution in [1.29, 1.82) is 0 Å². The molecule has 0 amide bonds. The van der Waals surface area contributed by atoms with Crippen LogP contribution in [-0.4, -0.2) is 19.6 Å². The lowest BCUT2D eigenvalue weighted by Gasteiger charge is -2.14. The Morgan fingerprint density at radius 2 is 1.85 bits per heavy atom. The lowest BCUT2D eigenvalue weighted by atomic mass is 10.2. The van der Waals surface area contributed by atoms with E-state index in [4.69, 9.17) is 9.15 Å². The van der Waals surface area contributed by atoms with Crippen LogP contribution in [0.3, 0.4) is 0 Å². The number of nitrogens with one attached hydrogen (secondary N) is 2. The van der Waals surface area contributed by atoms with Gasteiger partial charge in [-0.1, -0.05) is 18.2 Å². The van der Waals surface area contributed by atoms with Crippen LogP contribution in [0.2, 0.25) is 0 Å². The summed E-state index contributed by atoms with van der Waals surface area (Å²) in [6, 6.07) is 10.2. The number of hydrogen-bond donors (Lipinski definition) is 2. The van der Waals surface area contributed by atoms with Crippen LogP contribution < -0.4 is 15.4 Å². The molecule has 0 saturated heterocycles. The summed E-state index contributed by atoms with van der Waals surface area (Å²) in [5.41, 5.74) is 2.29. The Labute approximate surface area is 172 Å². The molecule has 1 aromatic carbocycles. The maximum absolute atomic E-state index is 5.96. The van der Waals surface area contributed by atoms with Gasteiger partial charge in [-0.3, -0.25) is 4.99 Å². The number of furan rings is 1. The first-order chi connectivity index (χ1) is 12.2. The molecule has 0 radical (unpaired) electrons. The van der Waals surface area contributed by atoms with Crippen LogP contribution in [0.15, 0.2) is 39.7 Å². The third-order valence-corrected chi connectivity index (χ3v) is 4.40. The molecular weight excluding hydrogens is 441 g/mol. The highest BCUT2D eigenvalue weighted by molar-refractivity contribution is 14.0. The van der Waals surface area contributed by atoms with Gasteiger partial charge in [0.2, 0.25) is 0 Å². The summed E-state index contributed by atoms with van der Waals surface area (Å²) in [4.78, 5) is 4.29. The second-order valence-electron chi connectivity index (χ2n) is 6.58. The molecule has 2 N–H and O–H groups in total. The van der Waals surface area contributed by atoms with Crippen LogP contribution in [0, 0.1) is 19.8 Å². The second-order valence-corrected chi connectivity index (χ2v) is 6.58. The van der Waals surface area contributed by atoms with Crippen molar-refractivity contribution in [3.63, 3.8) is 0 Å². The highest BCUT2D eigenvalue weighted by Crippen LogP contribution is 2.30. The first kappa shape index (κ1) is 20.6. The molecule has 0 atom stereocenters. The van der Waals surface area contributed by atoms with Gasteiger partial charge in [-0.2, -0.15) is 0 Å². The molecule has 1 aliphatic rings. The molecule has 0 spiro atoms. The zero-order valence-electron chi connectivity index (χ0n) is 15.7. The number of hydrogen-bond acceptors (Lipinski definition) is 3. The number of benzene rings is 1. The number of nitrogens with zero attached hydrogens (tertiary/aromatic N) is 1. The smallest absolute Gasteiger partial charge is 0.191 e. The molecule has 0 unspecified atom stereocenters. The Kier molecular flexibility index (Phi) is 7.81. The molecule has 6 heteroatoms. The number of guanidine groups is 1. The van der Waals surface area contributed by atoms with Gasteiger partial charge in [0.15, 0.2) is 5.96 Å². The van der Waals surface area contributed by atoms with Gasteiger partial charge in [-0.25, -0.2) is 0 Å². The number of aryl methyl sites for hydroxylation is 2. The zero-order valence-corrected chi connectivity index (χ0v) is 18.0. The average Bonchev–Trinajstić information content (AvgIpc) is 3.38. The van der Waals surface area contributed by atoms with Gasteiger partial charge in [0.1, 0.15) is 17.3 Å². The van der Waals surface area contributed by atoms with Crippen molar-refractivity contribution in [3.05, 3.63) is 53.0 Å². The van der Waals surface area contributed by atoms with Crippen LogP contribution >= 0.6 is 24.0 Å². The monoisotopic (exact) mass is 469 g/mol. The first-order valence-electron chi connectivity index (χ1n) is 8.87. The van der Waals surface area contributed by atoms with E-state index in [0.717, 1.165) is 46.9 Å². The molecule has 1 saturated carbocycles. The van der Waals surface area contributed by atoms with E-state index in [-0.39, 0.29) is 24.0 Å². The van der Waals surface area contributed by atoms with Crippen LogP contribution in [0.5, 0.6) is 5.75 Å². The molecule has 0 aliphatic heterocycles. The highest BCUT2D eigenvalue weighted by atomic mass is 127. The lowest BCUT2D eigenvalue weighted by molar-refractivity contribution is 0.296. The van der Waals surface area contributed by atoms with Crippen LogP contribution in [0.25, 0.3) is 0 Å². The summed E-state index contributed by atoms with van der Waals surface area (Å²) >= 11 is 0. The highest BCUT2D eigenvalue weighted by Gasteiger charge is 2.22. The van der Waals surface area contributed by atoms with Crippen molar-refractivity contribution < 1.29 is 9.15 Å². The molecule has 26 heavy (non-hydrogen) atoms. The topological polar surface area (TPSA) is 58.8 Å². The van der Waals surface area contributed by atoms with E-state index in [2.05, 4.69) is 27.8 Å². The van der Waals surface area contributed by atoms with E-state index < -0.39 is 0 Å². The number of rotatable bonds is 7. The minimum Gasteiger partial charge on any atom is -0.493 e. The first-order valence-corrected chi connectivity index (χ1v) is 8.87. The van der Waals surface area contributed by atoms with Crippen molar-refractivity contribution >= 4 is 29.9 Å². The summed E-state index contributed by atoms with van der Waals surface area (Å²) in [5, 5.41) is 6.68. The third-order valence-electron chi connectivity index (χ3n) is 4.40. The molecule has 5 nitrogen and oxygen atoms in total. The van der Waals surface area contributed by atoms with E-state index >= 15 is 0 Å². The van der Waals surface area contributed by atoms with E-state index in [0.29, 0.717) is 13.1 Å². The third kappa shape index (κ3) is 5.93. The fourth-order valence-electron chi connectivity index (χ4n) is 2.72. The molecule has 1 aromatic heterocycles. The number of halogens is 1. The van der Waals surface area contributed by atoms with Crippen LogP contribution in [-0.2, 0) is 13.1 Å². The van der Waals surface area contributed by atoms with Gasteiger partial charge in [-0.05, 0) is 44.7 Å². The fourth-order valence-corrected chi connectivity index (χ4v) is 2.72. The molecule has 3 rings (SSSR count). The molecular formula is C20H28IN3O2. The van der Waals surface area contributed by atoms with Gasteiger partial charge in [0.25, 0.3) is 0 Å². The van der Waals surface area contributed by atoms with E-state index in [9.17, 15) is 0 Å². The lowest BCUT2D eigenvalue weighted by Crippen LogP contribution is -2.36. The van der Waals surface area contributed by atoms with Crippen molar-refractivity contribution in [2.75, 3.05) is 13.7 Å². The molecule has 1 aliphatic carbocycles. The maximum atomic E-state index is 5.96. The fraction of sp³-hybridized carbons (Fsp3) is 0.450. The van der Waals surface area contributed by atoms with Crippen LogP contribution in [0.4, 0.5) is 0 Å². The summed E-state index contributed by atoms with van der Waals surface area (Å²) in [5.74, 6) is 4.34. The largest absolute Gasteiger partial charge is 0.493 e. The van der Waals surface area contributed by atoms with Crippen molar-refractivity contribution in [1.82, 2.24) is 10.6 Å². The minimum absolute atomic E-state index is 0. The summed E-state index contributed by atoms with van der Waals surface area (Å²) < 4.78 is 11.5. The van der Waals surface area contributed by atoms with Crippen molar-refractivity contribution in [3.8, 4) is 5.75 Å². The van der Waals surface area contributed by atoms with Crippen molar-refractivity contribution in [2.24, 2.45) is 10.9 Å². The quantitative estimate of drug-likeness (QED) is 0.363. The molecule has 1 fully saturated rings. The SMILES string of the molecule is CN=C(NCc1ccccc1OCC1CC1)NCc1cc(C)oc1C.I. The summed E-state index contributed by atoms with van der Waals surface area (Å²) in [7, 11) is 1.78. The Hall–Kier alpha value is -1.70. The standard InChI is InChI=1S/C20H27N3O2.HI/c1-14-10-18(15(2)25-14)12-23-20(21-3)22-11-17-6-4-5-7-19(17)24-13-16-8-9-16;/h4-7,10,16H,8-9,11-13H2,1-3H3,(H2,21,22,23);1H. The Balaban J connectivity index is 0.00000243. The average molecular weight is 469 g/mol. The Bertz CT molecular complexity index is 738. The van der Waals surface area contributed by atoms with Gasteiger partial charge in [0, 0.05) is 31.3 Å².